The molecule has 53 heavy (non-hydrogen) atoms. The summed E-state index contributed by atoms with van der Waals surface area (Å²) in [5.74, 6) is 0.0170. The molecule has 0 bridgehead atoms. The molecule has 0 amide bonds. The van der Waals surface area contributed by atoms with Gasteiger partial charge in [0.05, 0.1) is 52.2 Å². The van der Waals surface area contributed by atoms with Crippen LogP contribution >= 0.6 is 8.53 Å². The molecule has 1 saturated heterocycles. The number of halogens is 1. The summed E-state index contributed by atoms with van der Waals surface area (Å²) < 4.78 is 55.7. The van der Waals surface area contributed by atoms with Crippen molar-refractivity contribution < 1.29 is 32.4 Å². The van der Waals surface area contributed by atoms with Crippen molar-refractivity contribution in [1.82, 2.24) is 14.2 Å². The summed E-state index contributed by atoms with van der Waals surface area (Å²) in [6.07, 6.45) is -1.11. The minimum atomic E-state index is -1.72. The smallest absolute Gasteiger partial charge is 0.351 e. The highest BCUT2D eigenvalue weighted by Gasteiger charge is 2.45. The van der Waals surface area contributed by atoms with Crippen molar-refractivity contribution in [3.63, 3.8) is 0 Å². The van der Waals surface area contributed by atoms with Gasteiger partial charge in [-0.15, -0.1) is 0 Å². The monoisotopic (exact) mass is 747 g/mol. The fourth-order valence-electron chi connectivity index (χ4n) is 6.49. The summed E-state index contributed by atoms with van der Waals surface area (Å²) in [4.78, 5) is 16.7. The fraction of sp³-hybridized carbons (Fsp3) is 0.410. The third kappa shape index (κ3) is 9.04. The molecule has 1 aliphatic rings. The minimum absolute atomic E-state index is 0.0293. The van der Waals surface area contributed by atoms with Crippen LogP contribution in [-0.4, -0.2) is 65.9 Å². The van der Waals surface area contributed by atoms with Gasteiger partial charge in [0, 0.05) is 18.5 Å². The Kier molecular flexibility index (Phi) is 13.6. The summed E-state index contributed by atoms with van der Waals surface area (Å²) in [7, 11) is 1.50. The van der Waals surface area contributed by atoms with Crippen LogP contribution in [0.5, 0.6) is 11.5 Å². The first-order chi connectivity index (χ1) is 25.5. The van der Waals surface area contributed by atoms with E-state index in [-0.39, 0.29) is 38.1 Å². The number of nitriles is 1. The van der Waals surface area contributed by atoms with Crippen molar-refractivity contribution in [2.45, 2.75) is 76.7 Å². The van der Waals surface area contributed by atoms with Crippen molar-refractivity contribution in [1.29, 1.82) is 5.26 Å². The molecule has 282 valence electrons. The first-order valence-corrected chi connectivity index (χ1v) is 18.6. The summed E-state index contributed by atoms with van der Waals surface area (Å²) >= 11 is 0. The van der Waals surface area contributed by atoms with Crippen LogP contribution in [0.2, 0.25) is 0 Å². The van der Waals surface area contributed by atoms with Gasteiger partial charge in [0.2, 0.25) is 0 Å². The van der Waals surface area contributed by atoms with Gasteiger partial charge in [0.25, 0.3) is 8.53 Å². The highest BCUT2D eigenvalue weighted by molar-refractivity contribution is 7.44. The second kappa shape index (κ2) is 18.1. The molecule has 1 aromatic heterocycles. The molecule has 4 aromatic rings. The Bertz CT molecular complexity index is 1820. The number of anilines is 1. The Morgan fingerprint density at radius 3 is 2.08 bits per heavy atom. The standard InChI is InChI=1S/C39H47FN5O7P/c1-26(2)45(27(3)4)53(50-22-10-21-41)52-34-23-36(44-24-33(40)37(42)43-38(44)46)51-35(34)25-49-39(28-11-8-7-9-12-28,29-13-17-31(47-5)18-14-29)30-15-19-32(48-6)20-16-30/h7-9,11-20,24,26-27,34-36H,10,22-23,25H2,1-6H3,(H2,42,43,46)/t34?,35-,36-,53?/m1/s1. The number of hydrogen-bond donors (Lipinski definition) is 1. The molecule has 12 nitrogen and oxygen atoms in total. The predicted molar refractivity (Wildman–Crippen MR) is 200 cm³/mol. The maximum atomic E-state index is 14.7. The zero-order valence-electron chi connectivity index (χ0n) is 30.8. The summed E-state index contributed by atoms with van der Waals surface area (Å²) in [6.45, 7) is 8.30. The largest absolute Gasteiger partial charge is 0.497 e. The molecule has 1 aliphatic heterocycles. The molecule has 0 spiro atoms. The van der Waals surface area contributed by atoms with E-state index in [0.717, 1.165) is 27.5 Å². The summed E-state index contributed by atoms with van der Waals surface area (Å²) in [5, 5.41) is 9.27. The van der Waals surface area contributed by atoms with E-state index in [1.807, 2.05) is 107 Å². The van der Waals surface area contributed by atoms with Crippen LogP contribution in [0, 0.1) is 17.1 Å². The normalized spacial score (nSPS) is 18.0. The van der Waals surface area contributed by atoms with Gasteiger partial charge in [-0.3, -0.25) is 4.57 Å². The fourth-order valence-corrected chi connectivity index (χ4v) is 8.25. The van der Waals surface area contributed by atoms with E-state index in [4.69, 9.17) is 33.7 Å². The van der Waals surface area contributed by atoms with Gasteiger partial charge in [-0.1, -0.05) is 54.6 Å². The van der Waals surface area contributed by atoms with Gasteiger partial charge in [-0.05, 0) is 68.7 Å². The topological polar surface area (TPSA) is 143 Å². The van der Waals surface area contributed by atoms with E-state index < -0.39 is 49.9 Å². The number of ether oxygens (including phenoxy) is 4. The number of nitrogen functional groups attached to an aromatic ring is 1. The maximum Gasteiger partial charge on any atom is 0.351 e. The van der Waals surface area contributed by atoms with Crippen molar-refractivity contribution in [3.8, 4) is 17.6 Å². The first-order valence-electron chi connectivity index (χ1n) is 17.5. The molecule has 2 heterocycles. The Balaban J connectivity index is 1.60. The van der Waals surface area contributed by atoms with E-state index in [2.05, 4.69) is 15.7 Å². The molecule has 2 N–H and O–H groups in total. The molecule has 1 fully saturated rings. The van der Waals surface area contributed by atoms with Crippen molar-refractivity contribution in [2.75, 3.05) is 33.2 Å². The summed E-state index contributed by atoms with van der Waals surface area (Å²) in [5.41, 5.74) is 6.15. The van der Waals surface area contributed by atoms with Gasteiger partial charge < -0.3 is 33.7 Å². The number of aromatic nitrogens is 2. The Morgan fingerprint density at radius 1 is 0.981 bits per heavy atom. The van der Waals surface area contributed by atoms with E-state index in [0.29, 0.717) is 11.5 Å². The van der Waals surface area contributed by atoms with Gasteiger partial charge in [0.15, 0.2) is 11.6 Å². The Hall–Kier alpha value is -4.41. The molecule has 2 unspecified atom stereocenters. The maximum absolute atomic E-state index is 14.7. The zero-order chi connectivity index (χ0) is 38.1. The minimum Gasteiger partial charge on any atom is -0.497 e. The molecular weight excluding hydrogens is 700 g/mol. The van der Waals surface area contributed by atoms with Gasteiger partial charge in [0.1, 0.15) is 29.4 Å². The van der Waals surface area contributed by atoms with Crippen LogP contribution in [0.25, 0.3) is 0 Å². The van der Waals surface area contributed by atoms with Crippen LogP contribution in [0.4, 0.5) is 10.2 Å². The highest BCUT2D eigenvalue weighted by atomic mass is 31.2. The Labute approximate surface area is 311 Å². The number of hydrogen-bond acceptors (Lipinski definition) is 11. The lowest BCUT2D eigenvalue weighted by atomic mass is 9.80. The summed E-state index contributed by atoms with van der Waals surface area (Å²) in [6, 6.07) is 27.3. The number of benzene rings is 3. The van der Waals surface area contributed by atoms with E-state index >= 15 is 0 Å². The third-order valence-corrected chi connectivity index (χ3v) is 11.1. The Morgan fingerprint density at radius 2 is 1.55 bits per heavy atom. The molecular formula is C39H47FN5O7P. The lowest BCUT2D eigenvalue weighted by molar-refractivity contribution is -0.0926. The first kappa shape index (κ1) is 39.8. The van der Waals surface area contributed by atoms with Crippen LogP contribution < -0.4 is 20.9 Å². The number of rotatable bonds is 17. The van der Waals surface area contributed by atoms with Crippen molar-refractivity contribution in [3.05, 3.63) is 118 Å². The molecule has 4 atom stereocenters. The lowest BCUT2D eigenvalue weighted by Crippen LogP contribution is -2.39. The van der Waals surface area contributed by atoms with Crippen molar-refractivity contribution >= 4 is 14.3 Å². The molecule has 0 saturated carbocycles. The van der Waals surface area contributed by atoms with E-state index in [1.165, 1.54) is 0 Å². The second-order valence-corrected chi connectivity index (χ2v) is 14.4. The van der Waals surface area contributed by atoms with Crippen LogP contribution in [0.1, 0.15) is 63.5 Å². The highest BCUT2D eigenvalue weighted by Crippen LogP contribution is 2.50. The lowest BCUT2D eigenvalue weighted by Gasteiger charge is -2.39. The van der Waals surface area contributed by atoms with Crippen LogP contribution in [-0.2, 0) is 24.1 Å². The number of nitrogens with zero attached hydrogens (tertiary/aromatic N) is 4. The molecule has 3 aromatic carbocycles. The van der Waals surface area contributed by atoms with Gasteiger partial charge >= 0.3 is 5.69 Å². The average molecular weight is 748 g/mol. The predicted octanol–water partition coefficient (Wildman–Crippen LogP) is 6.94. The SMILES string of the molecule is COc1ccc(C(OC[C@H]2O[C@@H](n3cc(F)c(N)nc3=O)CC2OP(OCCC#N)N(C(C)C)C(C)C)(c2ccccc2)c2ccc(OC)cc2)cc1. The molecule has 14 heteroatoms. The van der Waals surface area contributed by atoms with Crippen LogP contribution in [0.3, 0.4) is 0 Å². The average Bonchev–Trinajstić information content (AvgIpc) is 3.56. The van der Waals surface area contributed by atoms with Gasteiger partial charge in [-0.2, -0.15) is 10.2 Å². The van der Waals surface area contributed by atoms with Gasteiger partial charge in [-0.25, -0.2) is 13.9 Å². The van der Waals surface area contributed by atoms with E-state index in [1.54, 1.807) is 14.2 Å². The molecule has 0 radical (unpaired) electrons. The van der Waals surface area contributed by atoms with Crippen molar-refractivity contribution in [2.24, 2.45) is 0 Å². The van der Waals surface area contributed by atoms with E-state index in [9.17, 15) is 14.4 Å². The molecule has 5 rings (SSSR count). The van der Waals surface area contributed by atoms with Crippen LogP contribution in [0.15, 0.2) is 89.9 Å². The number of nitrogens with two attached hydrogens (primary N) is 1. The second-order valence-electron chi connectivity index (χ2n) is 13.0. The zero-order valence-corrected chi connectivity index (χ0v) is 31.7. The third-order valence-electron chi connectivity index (χ3n) is 8.95. The quantitative estimate of drug-likeness (QED) is 0.0682. The molecule has 0 aliphatic carbocycles. The number of methoxy groups -OCH3 is 2.